The summed E-state index contributed by atoms with van der Waals surface area (Å²) in [6.07, 6.45) is 1.00. The molecule has 0 saturated carbocycles. The van der Waals surface area contributed by atoms with Crippen molar-refractivity contribution in [3.8, 4) is 5.75 Å². The number of rotatable bonds is 7. The van der Waals surface area contributed by atoms with Gasteiger partial charge in [-0.05, 0) is 48.4 Å². The van der Waals surface area contributed by atoms with Crippen LogP contribution in [0.4, 0.5) is 29.2 Å². The molecule has 4 rings (SSSR count). The lowest BCUT2D eigenvalue weighted by Gasteiger charge is -2.27. The van der Waals surface area contributed by atoms with Crippen LogP contribution in [-0.4, -0.2) is 48.4 Å². The Bertz CT molecular complexity index is 889. The Morgan fingerprint density at radius 2 is 1.43 bits per heavy atom. The number of hydrogen-bond acceptors (Lipinski definition) is 8. The third-order valence-electron chi connectivity index (χ3n) is 4.88. The van der Waals surface area contributed by atoms with E-state index in [1.54, 1.807) is 7.11 Å². The van der Waals surface area contributed by atoms with E-state index in [1.165, 1.54) is 5.56 Å². The van der Waals surface area contributed by atoms with Crippen LogP contribution in [0.25, 0.3) is 0 Å². The Morgan fingerprint density at radius 3 is 1.97 bits per heavy atom. The van der Waals surface area contributed by atoms with E-state index in [1.807, 2.05) is 36.4 Å². The van der Waals surface area contributed by atoms with Gasteiger partial charge < -0.3 is 25.0 Å². The second-order valence-electron chi connectivity index (χ2n) is 6.91. The summed E-state index contributed by atoms with van der Waals surface area (Å²) in [5, 5.41) is 6.56. The molecule has 8 heteroatoms. The molecule has 1 aromatic heterocycles. The number of nitrogens with one attached hydrogen (secondary N) is 2. The van der Waals surface area contributed by atoms with Crippen LogP contribution in [0.2, 0.25) is 0 Å². The molecule has 0 radical (unpaired) electrons. The number of anilines is 5. The first-order valence-electron chi connectivity index (χ1n) is 10.1. The van der Waals surface area contributed by atoms with Crippen molar-refractivity contribution in [3.63, 3.8) is 0 Å². The third-order valence-corrected chi connectivity index (χ3v) is 4.88. The summed E-state index contributed by atoms with van der Waals surface area (Å²) < 4.78 is 10.7. The van der Waals surface area contributed by atoms with Gasteiger partial charge in [-0.25, -0.2) is 0 Å². The van der Waals surface area contributed by atoms with Gasteiger partial charge in [0.2, 0.25) is 17.8 Å². The van der Waals surface area contributed by atoms with Gasteiger partial charge in [-0.2, -0.15) is 15.0 Å². The number of morpholine rings is 1. The van der Waals surface area contributed by atoms with E-state index < -0.39 is 0 Å². The minimum atomic E-state index is 0.476. The Labute approximate surface area is 176 Å². The molecular weight excluding hydrogens is 380 g/mol. The van der Waals surface area contributed by atoms with Gasteiger partial charge in [-0.15, -0.1) is 0 Å². The highest BCUT2D eigenvalue weighted by molar-refractivity contribution is 5.60. The predicted molar refractivity (Wildman–Crippen MR) is 118 cm³/mol. The molecule has 2 heterocycles. The highest BCUT2D eigenvalue weighted by Gasteiger charge is 2.17. The second kappa shape index (κ2) is 9.41. The average Bonchev–Trinajstić information content (AvgIpc) is 2.80. The number of aryl methyl sites for hydroxylation is 1. The normalized spacial score (nSPS) is 13.7. The molecule has 0 bridgehead atoms. The number of ether oxygens (including phenoxy) is 2. The third kappa shape index (κ3) is 4.96. The van der Waals surface area contributed by atoms with E-state index >= 15 is 0 Å². The summed E-state index contributed by atoms with van der Waals surface area (Å²) in [6, 6.07) is 15.9. The van der Waals surface area contributed by atoms with Crippen LogP contribution in [-0.2, 0) is 11.2 Å². The summed E-state index contributed by atoms with van der Waals surface area (Å²) in [5.41, 5.74) is 3.09. The largest absolute Gasteiger partial charge is 0.497 e. The zero-order valence-electron chi connectivity index (χ0n) is 17.3. The maximum absolute atomic E-state index is 5.46. The molecule has 0 amide bonds. The van der Waals surface area contributed by atoms with Gasteiger partial charge in [0.15, 0.2) is 0 Å². The fraction of sp³-hybridized carbons (Fsp3) is 0.318. The van der Waals surface area contributed by atoms with E-state index in [4.69, 9.17) is 9.47 Å². The predicted octanol–water partition coefficient (Wildman–Crippen LogP) is 3.77. The minimum absolute atomic E-state index is 0.476. The Kier molecular flexibility index (Phi) is 6.24. The smallest absolute Gasteiger partial charge is 0.233 e. The van der Waals surface area contributed by atoms with Crippen molar-refractivity contribution in [1.29, 1.82) is 0 Å². The van der Waals surface area contributed by atoms with Crippen molar-refractivity contribution >= 4 is 29.2 Å². The van der Waals surface area contributed by atoms with Crippen LogP contribution in [0, 0.1) is 0 Å². The lowest BCUT2D eigenvalue weighted by atomic mass is 10.1. The monoisotopic (exact) mass is 406 g/mol. The number of nitrogens with zero attached hydrogens (tertiary/aromatic N) is 4. The van der Waals surface area contributed by atoms with Crippen LogP contribution in [0.1, 0.15) is 12.5 Å². The Morgan fingerprint density at radius 1 is 0.867 bits per heavy atom. The minimum Gasteiger partial charge on any atom is -0.497 e. The first-order valence-corrected chi connectivity index (χ1v) is 10.1. The molecule has 30 heavy (non-hydrogen) atoms. The van der Waals surface area contributed by atoms with Gasteiger partial charge in [0.25, 0.3) is 0 Å². The van der Waals surface area contributed by atoms with Gasteiger partial charge in [-0.1, -0.05) is 19.1 Å². The van der Waals surface area contributed by atoms with E-state index in [-0.39, 0.29) is 0 Å². The van der Waals surface area contributed by atoms with Gasteiger partial charge >= 0.3 is 0 Å². The number of methoxy groups -OCH3 is 1. The SMILES string of the molecule is CCc1ccc(Nc2nc(Nc3ccc(OC)cc3)nc(N3CCOCC3)n2)cc1. The Balaban J connectivity index is 1.60. The molecular formula is C22H26N6O2. The highest BCUT2D eigenvalue weighted by atomic mass is 16.5. The molecule has 3 aromatic rings. The molecule has 8 nitrogen and oxygen atoms in total. The standard InChI is InChI=1S/C22H26N6O2/c1-3-16-4-6-17(7-5-16)23-20-25-21(24-18-8-10-19(29-2)11-9-18)27-22(26-20)28-12-14-30-15-13-28/h4-11H,3,12-15H2,1-2H3,(H2,23,24,25,26,27). The number of hydrogen-bond donors (Lipinski definition) is 2. The number of benzene rings is 2. The average molecular weight is 406 g/mol. The maximum Gasteiger partial charge on any atom is 0.233 e. The van der Waals surface area contributed by atoms with Crippen LogP contribution in [0.15, 0.2) is 48.5 Å². The maximum atomic E-state index is 5.46. The molecule has 1 saturated heterocycles. The molecule has 0 aliphatic carbocycles. The molecule has 156 valence electrons. The van der Waals surface area contributed by atoms with Crippen LogP contribution in [0.5, 0.6) is 5.75 Å². The van der Waals surface area contributed by atoms with Crippen molar-refractivity contribution in [2.75, 3.05) is 48.9 Å². The zero-order chi connectivity index (χ0) is 20.8. The second-order valence-corrected chi connectivity index (χ2v) is 6.91. The molecule has 1 aliphatic rings. The van der Waals surface area contributed by atoms with E-state index in [0.717, 1.165) is 36.6 Å². The molecule has 1 fully saturated rings. The fourth-order valence-corrected chi connectivity index (χ4v) is 3.14. The first-order chi connectivity index (χ1) is 14.7. The zero-order valence-corrected chi connectivity index (χ0v) is 17.3. The quantitative estimate of drug-likeness (QED) is 0.613. The van der Waals surface area contributed by atoms with Gasteiger partial charge in [0.05, 0.1) is 20.3 Å². The number of aromatic nitrogens is 3. The summed E-state index contributed by atoms with van der Waals surface area (Å²) in [6.45, 7) is 4.95. The lowest BCUT2D eigenvalue weighted by molar-refractivity contribution is 0.122. The first kappa shape index (κ1) is 19.9. The fourth-order valence-electron chi connectivity index (χ4n) is 3.14. The molecule has 2 aromatic carbocycles. The van der Waals surface area contributed by atoms with Gasteiger partial charge in [0, 0.05) is 24.5 Å². The van der Waals surface area contributed by atoms with Crippen molar-refractivity contribution in [1.82, 2.24) is 15.0 Å². The van der Waals surface area contributed by atoms with E-state index in [0.29, 0.717) is 31.1 Å². The van der Waals surface area contributed by atoms with Crippen LogP contribution >= 0.6 is 0 Å². The van der Waals surface area contributed by atoms with Gasteiger partial charge in [-0.3, -0.25) is 0 Å². The van der Waals surface area contributed by atoms with Crippen molar-refractivity contribution in [2.24, 2.45) is 0 Å². The Hall–Kier alpha value is -3.39. The van der Waals surface area contributed by atoms with Crippen LogP contribution < -0.4 is 20.3 Å². The molecule has 0 spiro atoms. The summed E-state index contributed by atoms with van der Waals surface area (Å²) in [4.78, 5) is 15.9. The molecule has 2 N–H and O–H groups in total. The summed E-state index contributed by atoms with van der Waals surface area (Å²) >= 11 is 0. The lowest BCUT2D eigenvalue weighted by Crippen LogP contribution is -2.37. The van der Waals surface area contributed by atoms with Crippen molar-refractivity contribution in [2.45, 2.75) is 13.3 Å². The van der Waals surface area contributed by atoms with Crippen LogP contribution in [0.3, 0.4) is 0 Å². The molecule has 0 atom stereocenters. The van der Waals surface area contributed by atoms with Gasteiger partial charge in [0.1, 0.15) is 5.75 Å². The molecule has 0 unspecified atom stereocenters. The van der Waals surface area contributed by atoms with Crippen molar-refractivity contribution < 1.29 is 9.47 Å². The summed E-state index contributed by atoms with van der Waals surface area (Å²) in [7, 11) is 1.65. The molecule has 1 aliphatic heterocycles. The van der Waals surface area contributed by atoms with Crippen molar-refractivity contribution in [3.05, 3.63) is 54.1 Å². The summed E-state index contributed by atoms with van der Waals surface area (Å²) in [5.74, 6) is 2.39. The highest BCUT2D eigenvalue weighted by Crippen LogP contribution is 2.22. The van der Waals surface area contributed by atoms with E-state index in [9.17, 15) is 0 Å². The van der Waals surface area contributed by atoms with E-state index in [2.05, 4.69) is 49.5 Å². The topological polar surface area (TPSA) is 84.4 Å².